The monoisotopic (exact) mass is 400 g/mol. The number of nitrogens with zero attached hydrogens (tertiary/aromatic N) is 1. The van der Waals surface area contributed by atoms with Crippen molar-refractivity contribution < 1.29 is 14.3 Å². The molecule has 30 heavy (non-hydrogen) atoms. The number of amides is 2. The van der Waals surface area contributed by atoms with Crippen LogP contribution in [-0.4, -0.2) is 35.9 Å². The minimum absolute atomic E-state index is 0.0843. The van der Waals surface area contributed by atoms with Gasteiger partial charge in [0.2, 0.25) is 0 Å². The average molecular weight is 400 g/mol. The number of rotatable bonds is 4. The van der Waals surface area contributed by atoms with Crippen LogP contribution in [0.5, 0.6) is 0 Å². The number of anilines is 1. The number of ether oxygens (including phenoxy) is 1. The molecule has 2 atom stereocenters. The van der Waals surface area contributed by atoms with Crippen LogP contribution in [0.25, 0.3) is 0 Å². The first kappa shape index (κ1) is 19.9. The van der Waals surface area contributed by atoms with E-state index in [1.165, 1.54) is 0 Å². The molecule has 5 heteroatoms. The highest BCUT2D eigenvalue weighted by atomic mass is 16.5. The third-order valence-corrected chi connectivity index (χ3v) is 5.16. The summed E-state index contributed by atoms with van der Waals surface area (Å²) < 4.78 is 6.08. The van der Waals surface area contributed by atoms with Crippen LogP contribution in [0, 0.1) is 0 Å². The van der Waals surface area contributed by atoms with Gasteiger partial charge in [-0.3, -0.25) is 9.59 Å². The van der Waals surface area contributed by atoms with Crippen molar-refractivity contribution in [3.8, 4) is 0 Å². The molecule has 1 N–H and O–H groups in total. The molecule has 2 amide bonds. The summed E-state index contributed by atoms with van der Waals surface area (Å²) in [6, 6.07) is 26.0. The van der Waals surface area contributed by atoms with Gasteiger partial charge in [0.15, 0.2) is 0 Å². The number of nitrogens with one attached hydrogen (secondary N) is 1. The molecule has 5 nitrogen and oxygen atoms in total. The van der Waals surface area contributed by atoms with Gasteiger partial charge >= 0.3 is 0 Å². The fourth-order valence-corrected chi connectivity index (χ4v) is 3.70. The zero-order valence-corrected chi connectivity index (χ0v) is 16.8. The van der Waals surface area contributed by atoms with Crippen molar-refractivity contribution in [1.29, 1.82) is 0 Å². The van der Waals surface area contributed by atoms with E-state index in [-0.39, 0.29) is 24.0 Å². The van der Waals surface area contributed by atoms with Crippen LogP contribution < -0.4 is 5.32 Å². The van der Waals surface area contributed by atoms with Gasteiger partial charge in [0.1, 0.15) is 6.10 Å². The lowest BCUT2D eigenvalue weighted by atomic mass is 10.0. The van der Waals surface area contributed by atoms with Gasteiger partial charge in [-0.25, -0.2) is 0 Å². The second-order valence-corrected chi connectivity index (χ2v) is 7.42. The van der Waals surface area contributed by atoms with E-state index in [1.807, 2.05) is 67.6 Å². The van der Waals surface area contributed by atoms with Gasteiger partial charge in [-0.2, -0.15) is 0 Å². The first-order valence-corrected chi connectivity index (χ1v) is 10.1. The molecule has 1 aliphatic rings. The summed E-state index contributed by atoms with van der Waals surface area (Å²) in [6.07, 6.45) is -0.260. The normalized spacial score (nSPS) is 18.6. The van der Waals surface area contributed by atoms with E-state index in [0.717, 1.165) is 5.56 Å². The van der Waals surface area contributed by atoms with Gasteiger partial charge in [-0.05, 0) is 36.8 Å². The molecule has 0 bridgehead atoms. The molecule has 3 aromatic rings. The summed E-state index contributed by atoms with van der Waals surface area (Å²) >= 11 is 0. The molecular weight excluding hydrogens is 376 g/mol. The van der Waals surface area contributed by atoms with Crippen LogP contribution >= 0.6 is 0 Å². The lowest BCUT2D eigenvalue weighted by Crippen LogP contribution is -2.46. The second-order valence-electron chi connectivity index (χ2n) is 7.42. The average Bonchev–Trinajstić information content (AvgIpc) is 2.80. The molecule has 0 aliphatic carbocycles. The van der Waals surface area contributed by atoms with Crippen LogP contribution in [0.4, 0.5) is 5.69 Å². The van der Waals surface area contributed by atoms with Crippen molar-refractivity contribution in [2.24, 2.45) is 0 Å². The third kappa shape index (κ3) is 4.42. The van der Waals surface area contributed by atoms with Crippen LogP contribution in [-0.2, 0) is 4.74 Å². The highest BCUT2D eigenvalue weighted by Crippen LogP contribution is 2.27. The smallest absolute Gasteiger partial charge is 0.256 e. The summed E-state index contributed by atoms with van der Waals surface area (Å²) in [5.74, 6) is -0.358. The molecule has 3 aromatic carbocycles. The van der Waals surface area contributed by atoms with Crippen molar-refractivity contribution >= 4 is 17.5 Å². The zero-order valence-electron chi connectivity index (χ0n) is 16.8. The fraction of sp³-hybridized carbons (Fsp3) is 0.200. The van der Waals surface area contributed by atoms with Crippen molar-refractivity contribution in [2.45, 2.75) is 19.1 Å². The van der Waals surface area contributed by atoms with E-state index in [4.69, 9.17) is 4.74 Å². The number of morpholine rings is 1. The van der Waals surface area contributed by atoms with Gasteiger partial charge < -0.3 is 15.0 Å². The van der Waals surface area contributed by atoms with Crippen LogP contribution in [0.3, 0.4) is 0 Å². The largest absolute Gasteiger partial charge is 0.367 e. The predicted octanol–water partition coefficient (Wildman–Crippen LogP) is 4.54. The van der Waals surface area contributed by atoms with E-state index < -0.39 is 0 Å². The van der Waals surface area contributed by atoms with E-state index in [2.05, 4.69) is 5.32 Å². The number of hydrogen-bond donors (Lipinski definition) is 1. The van der Waals surface area contributed by atoms with Gasteiger partial charge in [0, 0.05) is 12.1 Å². The molecule has 1 aliphatic heterocycles. The molecule has 0 radical (unpaired) electrons. The molecule has 2 unspecified atom stereocenters. The highest BCUT2D eigenvalue weighted by Gasteiger charge is 2.30. The van der Waals surface area contributed by atoms with E-state index in [1.54, 1.807) is 29.2 Å². The Balaban J connectivity index is 1.55. The summed E-state index contributed by atoms with van der Waals surface area (Å²) in [6.45, 7) is 2.94. The molecule has 152 valence electrons. The molecule has 1 saturated heterocycles. The molecular formula is C25H24N2O3. The van der Waals surface area contributed by atoms with Crippen molar-refractivity contribution in [1.82, 2.24) is 4.90 Å². The fourth-order valence-electron chi connectivity index (χ4n) is 3.70. The first-order valence-electron chi connectivity index (χ1n) is 10.1. The minimum atomic E-state index is -0.242. The number of benzene rings is 3. The molecule has 4 rings (SSSR count). The minimum Gasteiger partial charge on any atom is -0.367 e. The summed E-state index contributed by atoms with van der Waals surface area (Å²) in [7, 11) is 0. The predicted molar refractivity (Wildman–Crippen MR) is 116 cm³/mol. The van der Waals surface area contributed by atoms with Gasteiger partial charge in [-0.15, -0.1) is 0 Å². The standard InChI is InChI=1S/C25H24N2O3/c1-18-16-27(17-23(30-18)19-10-4-2-5-11-19)25(29)21-14-8-9-15-22(21)26-24(28)20-12-6-3-7-13-20/h2-15,18,23H,16-17H2,1H3,(H,26,28). The summed E-state index contributed by atoms with van der Waals surface area (Å²) in [5.41, 5.74) is 2.57. The molecule has 0 spiro atoms. The Hall–Kier alpha value is -3.44. The number of hydrogen-bond acceptors (Lipinski definition) is 3. The zero-order chi connectivity index (χ0) is 20.9. The Bertz CT molecular complexity index is 1020. The third-order valence-electron chi connectivity index (χ3n) is 5.16. The number of carbonyl (C=O) groups excluding carboxylic acids is 2. The lowest BCUT2D eigenvalue weighted by molar-refractivity contribution is -0.0691. The van der Waals surface area contributed by atoms with Gasteiger partial charge in [0.05, 0.1) is 23.9 Å². The second kappa shape index (κ2) is 8.93. The summed E-state index contributed by atoms with van der Waals surface area (Å²) in [5, 5.41) is 2.88. The number of carbonyl (C=O) groups is 2. The van der Waals surface area contributed by atoms with Crippen LogP contribution in [0.1, 0.15) is 39.3 Å². The maximum atomic E-state index is 13.4. The van der Waals surface area contributed by atoms with E-state index in [9.17, 15) is 9.59 Å². The molecule has 1 heterocycles. The lowest BCUT2D eigenvalue weighted by Gasteiger charge is -2.37. The Labute approximate surface area is 176 Å². The van der Waals surface area contributed by atoms with Crippen molar-refractivity contribution in [3.05, 3.63) is 102 Å². The number of para-hydroxylation sites is 1. The van der Waals surface area contributed by atoms with Crippen LogP contribution in [0.2, 0.25) is 0 Å². The quantitative estimate of drug-likeness (QED) is 0.699. The van der Waals surface area contributed by atoms with E-state index in [0.29, 0.717) is 29.9 Å². The summed E-state index contributed by atoms with van der Waals surface area (Å²) in [4.78, 5) is 27.8. The maximum absolute atomic E-state index is 13.4. The van der Waals surface area contributed by atoms with Crippen molar-refractivity contribution in [3.63, 3.8) is 0 Å². The van der Waals surface area contributed by atoms with Crippen LogP contribution in [0.15, 0.2) is 84.9 Å². The Morgan fingerprint density at radius 3 is 2.23 bits per heavy atom. The van der Waals surface area contributed by atoms with Gasteiger partial charge in [-0.1, -0.05) is 60.7 Å². The Morgan fingerprint density at radius 2 is 1.50 bits per heavy atom. The molecule has 1 fully saturated rings. The molecule has 0 aromatic heterocycles. The first-order chi connectivity index (χ1) is 14.6. The Morgan fingerprint density at radius 1 is 0.867 bits per heavy atom. The van der Waals surface area contributed by atoms with Gasteiger partial charge in [0.25, 0.3) is 11.8 Å². The van der Waals surface area contributed by atoms with E-state index >= 15 is 0 Å². The highest BCUT2D eigenvalue weighted by molar-refractivity contribution is 6.09. The van der Waals surface area contributed by atoms with Crippen molar-refractivity contribution in [2.75, 3.05) is 18.4 Å². The SMILES string of the molecule is CC1CN(C(=O)c2ccccc2NC(=O)c2ccccc2)CC(c2ccccc2)O1. The maximum Gasteiger partial charge on any atom is 0.256 e. The Kier molecular flexibility index (Phi) is 5.91. The topological polar surface area (TPSA) is 58.6 Å². The molecule has 0 saturated carbocycles.